The zero-order chi connectivity index (χ0) is 18.0. The van der Waals surface area contributed by atoms with E-state index in [0.717, 1.165) is 6.07 Å². The number of halogens is 3. The molecule has 0 spiro atoms. The van der Waals surface area contributed by atoms with Crippen molar-refractivity contribution in [2.24, 2.45) is 0 Å². The molecule has 4 nitrogen and oxygen atoms in total. The van der Waals surface area contributed by atoms with Gasteiger partial charge in [0, 0.05) is 36.0 Å². The van der Waals surface area contributed by atoms with Crippen molar-refractivity contribution in [3.05, 3.63) is 64.2 Å². The molecule has 1 amide bonds. The van der Waals surface area contributed by atoms with Crippen LogP contribution in [0.3, 0.4) is 0 Å². The molecule has 7 heteroatoms. The molecule has 25 heavy (non-hydrogen) atoms. The molecule has 2 atom stereocenters. The van der Waals surface area contributed by atoms with Crippen LogP contribution in [0.15, 0.2) is 36.5 Å². The number of ether oxygens (including phenoxy) is 1. The van der Waals surface area contributed by atoms with Gasteiger partial charge < -0.3 is 10.1 Å². The van der Waals surface area contributed by atoms with E-state index in [1.54, 1.807) is 6.07 Å². The molecule has 1 aliphatic rings. The fraction of sp³-hybridized carbons (Fsp3) is 0.333. The highest BCUT2D eigenvalue weighted by Crippen LogP contribution is 2.43. The lowest BCUT2D eigenvalue weighted by atomic mass is 9.81. The summed E-state index contributed by atoms with van der Waals surface area (Å²) in [6.07, 6.45) is 1.50. The maximum atomic E-state index is 15.5. The molecule has 0 bridgehead atoms. The van der Waals surface area contributed by atoms with Gasteiger partial charge in [-0.2, -0.15) is 0 Å². The van der Waals surface area contributed by atoms with Crippen molar-refractivity contribution in [2.45, 2.75) is 31.2 Å². The van der Waals surface area contributed by atoms with Gasteiger partial charge in [-0.15, -0.1) is 0 Å². The molecule has 132 valence electrons. The van der Waals surface area contributed by atoms with E-state index in [1.165, 1.54) is 31.5 Å². The summed E-state index contributed by atoms with van der Waals surface area (Å²) < 4.78 is 34.7. The summed E-state index contributed by atoms with van der Waals surface area (Å²) >= 11 is 5.70. The third kappa shape index (κ3) is 3.37. The number of aromatic nitrogens is 1. The molecule has 2 aromatic rings. The molecule has 1 N–H and O–H groups in total. The average molecular weight is 367 g/mol. The highest BCUT2D eigenvalue weighted by molar-refractivity contribution is 6.30. The molecule has 2 unspecified atom stereocenters. The highest BCUT2D eigenvalue weighted by Gasteiger charge is 2.47. The Morgan fingerprint density at radius 1 is 1.48 bits per heavy atom. The van der Waals surface area contributed by atoms with Crippen molar-refractivity contribution in [1.82, 2.24) is 10.3 Å². The quantitative estimate of drug-likeness (QED) is 0.894. The van der Waals surface area contributed by atoms with Crippen molar-refractivity contribution in [2.75, 3.05) is 7.11 Å². The first kappa shape index (κ1) is 17.8. The molecule has 0 saturated heterocycles. The molecule has 1 heterocycles. The van der Waals surface area contributed by atoms with Gasteiger partial charge in [0.2, 0.25) is 5.67 Å². The maximum absolute atomic E-state index is 15.5. The summed E-state index contributed by atoms with van der Waals surface area (Å²) in [5.41, 5.74) is -1.37. The number of methoxy groups -OCH3 is 1. The summed E-state index contributed by atoms with van der Waals surface area (Å²) in [6, 6.07) is 7.24. The van der Waals surface area contributed by atoms with Gasteiger partial charge in [0.25, 0.3) is 5.91 Å². The number of carbonyl (C=O) groups excluding carboxylic acids is 1. The lowest BCUT2D eigenvalue weighted by molar-refractivity contribution is -0.135. The summed E-state index contributed by atoms with van der Waals surface area (Å²) in [7, 11) is 1.53. The monoisotopic (exact) mass is 366 g/mol. The first-order valence-electron chi connectivity index (χ1n) is 7.85. The number of hydrogen-bond donors (Lipinski definition) is 1. The minimum atomic E-state index is -2.22. The molecule has 3 rings (SSSR count). The number of rotatable bonds is 4. The highest BCUT2D eigenvalue weighted by atomic mass is 35.5. The smallest absolute Gasteiger partial charge is 0.262 e. The largest absolute Gasteiger partial charge is 0.375 e. The Hall–Kier alpha value is -2.05. The van der Waals surface area contributed by atoms with E-state index in [-0.39, 0.29) is 35.2 Å². The molecular formula is C18H17ClF2N2O2. The normalized spacial score (nSPS) is 22.3. The van der Waals surface area contributed by atoms with Gasteiger partial charge in [-0.05, 0) is 31.0 Å². The number of alkyl halides is 1. The summed E-state index contributed by atoms with van der Waals surface area (Å²) in [5.74, 6) is -1.36. The Bertz CT molecular complexity index is 802. The molecule has 1 aromatic carbocycles. The van der Waals surface area contributed by atoms with E-state index >= 15 is 4.39 Å². The predicted octanol–water partition coefficient (Wildman–Crippen LogP) is 3.84. The zero-order valence-corrected chi connectivity index (χ0v) is 14.3. The molecule has 0 aliphatic heterocycles. The predicted molar refractivity (Wildman–Crippen MR) is 89.3 cm³/mol. The van der Waals surface area contributed by atoms with Crippen LogP contribution < -0.4 is 5.32 Å². The summed E-state index contributed by atoms with van der Waals surface area (Å²) in [5, 5.41) is 2.73. The minimum absolute atomic E-state index is 0.0286. The fourth-order valence-corrected chi connectivity index (χ4v) is 3.22. The number of benzene rings is 1. The number of nitrogens with one attached hydrogen (secondary N) is 1. The lowest BCUT2D eigenvalue weighted by Gasteiger charge is -2.33. The van der Waals surface area contributed by atoms with Crippen molar-refractivity contribution in [3.8, 4) is 0 Å². The number of hydrogen-bond acceptors (Lipinski definition) is 3. The maximum Gasteiger partial charge on any atom is 0.262 e. The van der Waals surface area contributed by atoms with E-state index in [1.807, 2.05) is 0 Å². The van der Waals surface area contributed by atoms with Crippen LogP contribution >= 0.6 is 11.6 Å². The van der Waals surface area contributed by atoms with Gasteiger partial charge in [0.1, 0.15) is 5.82 Å². The van der Waals surface area contributed by atoms with Gasteiger partial charge in [-0.25, -0.2) is 8.78 Å². The number of fused-ring (bicyclic) bond motifs is 1. The van der Waals surface area contributed by atoms with E-state index in [9.17, 15) is 9.18 Å². The van der Waals surface area contributed by atoms with Gasteiger partial charge in [-0.1, -0.05) is 23.7 Å². The van der Waals surface area contributed by atoms with Crippen molar-refractivity contribution >= 4 is 17.5 Å². The van der Waals surface area contributed by atoms with Crippen LogP contribution in [0.25, 0.3) is 0 Å². The Labute approximate surface area is 149 Å². The molecule has 0 fully saturated rings. The molecule has 1 aromatic heterocycles. The van der Waals surface area contributed by atoms with Gasteiger partial charge in [-0.3, -0.25) is 9.78 Å². The van der Waals surface area contributed by atoms with Crippen LogP contribution in [0.5, 0.6) is 0 Å². The molecule has 0 saturated carbocycles. The van der Waals surface area contributed by atoms with Crippen molar-refractivity contribution in [3.63, 3.8) is 0 Å². The third-order valence-electron chi connectivity index (χ3n) is 4.42. The molecule has 0 radical (unpaired) electrons. The Balaban J connectivity index is 1.81. The summed E-state index contributed by atoms with van der Waals surface area (Å²) in [4.78, 5) is 16.7. The van der Waals surface area contributed by atoms with Crippen molar-refractivity contribution in [1.29, 1.82) is 0 Å². The third-order valence-corrected chi connectivity index (χ3v) is 4.66. The second-order valence-corrected chi connectivity index (χ2v) is 6.36. The van der Waals surface area contributed by atoms with Gasteiger partial charge >= 0.3 is 0 Å². The standard InChI is InChI=1S/C18H17ClF2N2O2/c1-25-15-6-7-18(21,13-3-2-8-22-16(13)15)17(24)23-10-11-4-5-12(19)9-14(11)20/h2-5,8-9,15H,6-7,10H2,1H3,(H,23,24). The lowest BCUT2D eigenvalue weighted by Crippen LogP contribution is -2.44. The van der Waals surface area contributed by atoms with E-state index in [4.69, 9.17) is 16.3 Å². The number of amides is 1. The minimum Gasteiger partial charge on any atom is -0.375 e. The number of pyridine rings is 1. The van der Waals surface area contributed by atoms with Crippen LogP contribution in [0.1, 0.15) is 35.8 Å². The molecular weight excluding hydrogens is 350 g/mol. The van der Waals surface area contributed by atoms with Crippen molar-refractivity contribution < 1.29 is 18.3 Å². The first-order valence-corrected chi connectivity index (χ1v) is 8.23. The Kier molecular flexibility index (Phi) is 5.01. The average Bonchev–Trinajstić information content (AvgIpc) is 2.61. The van der Waals surface area contributed by atoms with E-state index in [2.05, 4.69) is 10.3 Å². The Morgan fingerprint density at radius 3 is 3.00 bits per heavy atom. The fourth-order valence-electron chi connectivity index (χ4n) is 3.06. The second-order valence-electron chi connectivity index (χ2n) is 5.92. The SMILES string of the molecule is COC1CCC(F)(C(=O)NCc2ccc(Cl)cc2F)c2cccnc21. The van der Waals surface area contributed by atoms with E-state index < -0.39 is 17.4 Å². The van der Waals surface area contributed by atoms with Crippen LogP contribution in [0, 0.1) is 5.82 Å². The number of nitrogens with zero attached hydrogens (tertiary/aromatic N) is 1. The van der Waals surface area contributed by atoms with Crippen LogP contribution in [0.4, 0.5) is 8.78 Å². The second kappa shape index (κ2) is 7.06. The van der Waals surface area contributed by atoms with Gasteiger partial charge in [0.15, 0.2) is 0 Å². The van der Waals surface area contributed by atoms with Crippen LogP contribution in [-0.2, 0) is 21.7 Å². The number of carbonyl (C=O) groups is 1. The Morgan fingerprint density at radius 2 is 2.28 bits per heavy atom. The summed E-state index contributed by atoms with van der Waals surface area (Å²) in [6.45, 7) is -0.128. The first-order chi connectivity index (χ1) is 12.0. The van der Waals surface area contributed by atoms with Gasteiger partial charge in [0.05, 0.1) is 11.8 Å². The zero-order valence-electron chi connectivity index (χ0n) is 13.6. The van der Waals surface area contributed by atoms with E-state index in [0.29, 0.717) is 12.1 Å². The van der Waals surface area contributed by atoms with Crippen LogP contribution in [0.2, 0.25) is 5.02 Å². The molecule has 1 aliphatic carbocycles. The topological polar surface area (TPSA) is 51.2 Å². The van der Waals surface area contributed by atoms with Crippen LogP contribution in [-0.4, -0.2) is 18.0 Å².